The van der Waals surface area contributed by atoms with Crippen molar-refractivity contribution in [3.05, 3.63) is 59.7 Å². The molecule has 0 saturated carbocycles. The van der Waals surface area contributed by atoms with Gasteiger partial charge in [-0.05, 0) is 29.3 Å². The van der Waals surface area contributed by atoms with Crippen LogP contribution in [0.5, 0.6) is 0 Å². The number of anilines is 2. The monoisotopic (exact) mass is 266 g/mol. The molecule has 0 aliphatic heterocycles. The summed E-state index contributed by atoms with van der Waals surface area (Å²) in [5, 5.41) is 0. The van der Waals surface area contributed by atoms with Gasteiger partial charge in [0.15, 0.2) is 0 Å². The van der Waals surface area contributed by atoms with Crippen molar-refractivity contribution >= 4 is 23.5 Å². The van der Waals surface area contributed by atoms with Crippen LogP contribution in [0.3, 0.4) is 0 Å². The van der Waals surface area contributed by atoms with Crippen LogP contribution in [0.1, 0.15) is 11.1 Å². The Morgan fingerprint density at radius 2 is 1.35 bits per heavy atom. The molecule has 2 aromatic carbocycles. The maximum Gasteiger partial charge on any atom is 0.0434 e. The minimum absolute atomic E-state index is 1.21. The largest absolute Gasteiger partial charge is 0.378 e. The van der Waals surface area contributed by atoms with E-state index in [0.717, 1.165) is 0 Å². The zero-order chi connectivity index (χ0) is 14.5. The van der Waals surface area contributed by atoms with Crippen molar-refractivity contribution in [2.75, 3.05) is 38.0 Å². The van der Waals surface area contributed by atoms with Crippen molar-refractivity contribution in [2.24, 2.45) is 0 Å². The normalized spacial score (nSPS) is 10.8. The lowest BCUT2D eigenvalue weighted by Gasteiger charge is -2.15. The second-order valence-electron chi connectivity index (χ2n) is 5.27. The van der Waals surface area contributed by atoms with Crippen LogP contribution >= 0.6 is 0 Å². The number of benzene rings is 2. The molecule has 0 radical (unpaired) electrons. The van der Waals surface area contributed by atoms with Crippen molar-refractivity contribution in [3.8, 4) is 0 Å². The summed E-state index contributed by atoms with van der Waals surface area (Å²) in [5.74, 6) is 0. The van der Waals surface area contributed by atoms with Gasteiger partial charge in [0.1, 0.15) is 0 Å². The Morgan fingerprint density at radius 3 is 1.95 bits per heavy atom. The van der Waals surface area contributed by atoms with Crippen molar-refractivity contribution in [1.82, 2.24) is 0 Å². The molecule has 20 heavy (non-hydrogen) atoms. The molecular weight excluding hydrogens is 244 g/mol. The second-order valence-corrected chi connectivity index (χ2v) is 5.27. The van der Waals surface area contributed by atoms with Crippen LogP contribution in [0, 0.1) is 0 Å². The van der Waals surface area contributed by atoms with Crippen LogP contribution < -0.4 is 9.80 Å². The standard InChI is InChI=1S/C18H22N2/c1-19(2)17-13-10-15(11-14-17)9-12-16-7-5-6-8-18(16)20(3)4/h5-14H,1-4H3/b12-9+. The lowest BCUT2D eigenvalue weighted by Crippen LogP contribution is -2.09. The van der Waals surface area contributed by atoms with Gasteiger partial charge in [-0.15, -0.1) is 0 Å². The highest BCUT2D eigenvalue weighted by molar-refractivity contribution is 5.77. The van der Waals surface area contributed by atoms with E-state index in [1.54, 1.807) is 0 Å². The Balaban J connectivity index is 2.21. The average molecular weight is 266 g/mol. The molecule has 0 atom stereocenters. The van der Waals surface area contributed by atoms with Crippen LogP contribution in [0.25, 0.3) is 12.2 Å². The highest BCUT2D eigenvalue weighted by Crippen LogP contribution is 2.21. The first-order valence-corrected chi connectivity index (χ1v) is 6.80. The van der Waals surface area contributed by atoms with Gasteiger partial charge in [-0.1, -0.05) is 42.5 Å². The molecule has 0 N–H and O–H groups in total. The third kappa shape index (κ3) is 3.41. The number of para-hydroxylation sites is 1. The third-order valence-corrected chi connectivity index (χ3v) is 3.28. The van der Waals surface area contributed by atoms with Crippen LogP contribution in [0.15, 0.2) is 48.5 Å². The molecule has 2 nitrogen and oxygen atoms in total. The molecule has 0 spiro atoms. The zero-order valence-corrected chi connectivity index (χ0v) is 12.7. The topological polar surface area (TPSA) is 6.48 Å². The maximum atomic E-state index is 2.17. The van der Waals surface area contributed by atoms with Gasteiger partial charge in [-0.25, -0.2) is 0 Å². The lowest BCUT2D eigenvalue weighted by molar-refractivity contribution is 1.13. The summed E-state index contributed by atoms with van der Waals surface area (Å²) in [6.07, 6.45) is 4.32. The van der Waals surface area contributed by atoms with E-state index in [1.807, 2.05) is 0 Å². The molecule has 2 aromatic rings. The van der Waals surface area contributed by atoms with E-state index in [2.05, 4.69) is 98.7 Å². The van der Waals surface area contributed by atoms with Crippen molar-refractivity contribution < 1.29 is 0 Å². The first kappa shape index (κ1) is 14.2. The summed E-state index contributed by atoms with van der Waals surface area (Å²) in [6.45, 7) is 0. The summed E-state index contributed by atoms with van der Waals surface area (Å²) in [4.78, 5) is 4.24. The van der Waals surface area contributed by atoms with E-state index in [9.17, 15) is 0 Å². The van der Waals surface area contributed by atoms with E-state index in [1.165, 1.54) is 22.5 Å². The molecule has 0 aromatic heterocycles. The molecule has 104 valence electrons. The van der Waals surface area contributed by atoms with E-state index >= 15 is 0 Å². The molecule has 0 aliphatic carbocycles. The zero-order valence-electron chi connectivity index (χ0n) is 12.7. The Morgan fingerprint density at radius 1 is 0.700 bits per heavy atom. The Kier molecular flexibility index (Phi) is 4.46. The summed E-state index contributed by atoms with van der Waals surface area (Å²) < 4.78 is 0. The van der Waals surface area contributed by atoms with Crippen LogP contribution in [0.2, 0.25) is 0 Å². The minimum Gasteiger partial charge on any atom is -0.378 e. The van der Waals surface area contributed by atoms with Crippen LogP contribution in [-0.4, -0.2) is 28.2 Å². The van der Waals surface area contributed by atoms with Crippen LogP contribution in [-0.2, 0) is 0 Å². The summed E-state index contributed by atoms with van der Waals surface area (Å²) in [7, 11) is 8.24. The Hall–Kier alpha value is -2.22. The molecule has 0 unspecified atom stereocenters. The summed E-state index contributed by atoms with van der Waals surface area (Å²) >= 11 is 0. The fraction of sp³-hybridized carbons (Fsp3) is 0.222. The average Bonchev–Trinajstić information content (AvgIpc) is 2.45. The first-order chi connectivity index (χ1) is 9.58. The lowest BCUT2D eigenvalue weighted by atomic mass is 10.1. The van der Waals surface area contributed by atoms with E-state index in [-0.39, 0.29) is 0 Å². The number of hydrogen-bond donors (Lipinski definition) is 0. The maximum absolute atomic E-state index is 2.17. The molecular formula is C18H22N2. The van der Waals surface area contributed by atoms with Crippen molar-refractivity contribution in [3.63, 3.8) is 0 Å². The molecule has 2 heteroatoms. The Bertz CT molecular complexity index is 581. The van der Waals surface area contributed by atoms with E-state index in [4.69, 9.17) is 0 Å². The smallest absolute Gasteiger partial charge is 0.0434 e. The van der Waals surface area contributed by atoms with Gasteiger partial charge in [0.25, 0.3) is 0 Å². The predicted molar refractivity (Wildman–Crippen MR) is 90.5 cm³/mol. The third-order valence-electron chi connectivity index (χ3n) is 3.28. The molecule has 0 fully saturated rings. The summed E-state index contributed by atoms with van der Waals surface area (Å²) in [5.41, 5.74) is 4.89. The van der Waals surface area contributed by atoms with Gasteiger partial charge in [0.2, 0.25) is 0 Å². The molecule has 0 amide bonds. The quantitative estimate of drug-likeness (QED) is 0.772. The fourth-order valence-corrected chi connectivity index (χ4v) is 2.11. The second kappa shape index (κ2) is 6.29. The Labute approximate surface area is 122 Å². The molecule has 0 bridgehead atoms. The highest BCUT2D eigenvalue weighted by atomic mass is 15.1. The first-order valence-electron chi connectivity index (χ1n) is 6.80. The molecule has 0 saturated heterocycles. The highest BCUT2D eigenvalue weighted by Gasteiger charge is 2.00. The van der Waals surface area contributed by atoms with Crippen LogP contribution in [0.4, 0.5) is 11.4 Å². The fourth-order valence-electron chi connectivity index (χ4n) is 2.11. The summed E-state index contributed by atoms with van der Waals surface area (Å²) in [6, 6.07) is 17.0. The van der Waals surface area contributed by atoms with Gasteiger partial charge in [-0.2, -0.15) is 0 Å². The van der Waals surface area contributed by atoms with Crippen molar-refractivity contribution in [1.29, 1.82) is 0 Å². The van der Waals surface area contributed by atoms with Gasteiger partial charge < -0.3 is 9.80 Å². The molecule has 2 rings (SSSR count). The van der Waals surface area contributed by atoms with Gasteiger partial charge in [-0.3, -0.25) is 0 Å². The number of rotatable bonds is 4. The number of hydrogen-bond acceptors (Lipinski definition) is 2. The number of nitrogens with zero attached hydrogens (tertiary/aromatic N) is 2. The van der Waals surface area contributed by atoms with E-state index < -0.39 is 0 Å². The molecule has 0 aliphatic rings. The minimum atomic E-state index is 1.21. The van der Waals surface area contributed by atoms with Gasteiger partial charge in [0, 0.05) is 39.6 Å². The predicted octanol–water partition coefficient (Wildman–Crippen LogP) is 3.99. The molecule has 0 heterocycles. The van der Waals surface area contributed by atoms with Gasteiger partial charge >= 0.3 is 0 Å². The van der Waals surface area contributed by atoms with E-state index in [0.29, 0.717) is 0 Å². The van der Waals surface area contributed by atoms with Gasteiger partial charge in [0.05, 0.1) is 0 Å². The van der Waals surface area contributed by atoms with Crippen molar-refractivity contribution in [2.45, 2.75) is 0 Å². The SMILES string of the molecule is CN(C)c1ccc(/C=C/c2ccccc2N(C)C)cc1.